The van der Waals surface area contributed by atoms with Gasteiger partial charge in [-0.25, -0.2) is 0 Å². The quantitative estimate of drug-likeness (QED) is 0.187. The molecule has 0 N–H and O–H groups in total. The molecule has 4 rings (SSSR count). The summed E-state index contributed by atoms with van der Waals surface area (Å²) in [5.74, 6) is 2.17. The first-order chi connectivity index (χ1) is 19.8. The Labute approximate surface area is 239 Å². The first kappa shape index (κ1) is 28.6. The first-order valence-corrected chi connectivity index (χ1v) is 15.3. The highest BCUT2D eigenvalue weighted by molar-refractivity contribution is 6.64. The Morgan fingerprint density at radius 1 is 0.488 bits per heavy atom. The van der Waals surface area contributed by atoms with E-state index in [0.717, 1.165) is 11.1 Å². The lowest BCUT2D eigenvalue weighted by molar-refractivity contribution is 0.164. The van der Waals surface area contributed by atoms with Crippen molar-refractivity contribution in [3.63, 3.8) is 0 Å². The maximum Gasteiger partial charge on any atom is 0.332 e. The number of nitrogens with zero attached hydrogens (tertiary/aromatic N) is 4. The average Bonchev–Trinajstić information content (AvgIpc) is 3.00. The minimum Gasteiger partial charge on any atom is -0.457 e. The molecule has 0 radical (unpaired) electrons. The summed E-state index contributed by atoms with van der Waals surface area (Å²) >= 11 is 0. The number of hydrogen-bond donors (Lipinski definition) is 0. The SMILES string of the molecule is C[Si](C)(OCc1ccc(Oc2ccc(C#N)c(C#N)c2)cc1)OCc1ccc(Oc2ccc(C#N)c(C#N)c2)cc1. The molecule has 0 spiro atoms. The van der Waals surface area contributed by atoms with Crippen molar-refractivity contribution in [2.75, 3.05) is 0 Å². The molecule has 4 aromatic rings. The third-order valence-electron chi connectivity index (χ3n) is 5.95. The molecular formula is C32H24N4O4Si. The Morgan fingerprint density at radius 3 is 1.17 bits per heavy atom. The Morgan fingerprint density at radius 2 is 0.829 bits per heavy atom. The average molecular weight is 557 g/mol. The van der Waals surface area contributed by atoms with Gasteiger partial charge < -0.3 is 18.3 Å². The molecule has 0 unspecified atom stereocenters. The summed E-state index contributed by atoms with van der Waals surface area (Å²) in [6.07, 6.45) is 0. The van der Waals surface area contributed by atoms with Crippen molar-refractivity contribution in [2.24, 2.45) is 0 Å². The van der Waals surface area contributed by atoms with Gasteiger partial charge in [0.15, 0.2) is 0 Å². The fraction of sp³-hybridized carbons (Fsp3) is 0.125. The predicted molar refractivity (Wildman–Crippen MR) is 152 cm³/mol. The molecule has 41 heavy (non-hydrogen) atoms. The van der Waals surface area contributed by atoms with Gasteiger partial charge in [0.1, 0.15) is 47.3 Å². The summed E-state index contributed by atoms with van der Waals surface area (Å²) in [6.45, 7) is 4.74. The highest BCUT2D eigenvalue weighted by Crippen LogP contribution is 2.26. The Hall–Kier alpha value is -5.42. The van der Waals surface area contributed by atoms with E-state index in [9.17, 15) is 10.5 Å². The van der Waals surface area contributed by atoms with Crippen LogP contribution in [0.25, 0.3) is 0 Å². The summed E-state index contributed by atoms with van der Waals surface area (Å²) < 4.78 is 23.9. The fourth-order valence-electron chi connectivity index (χ4n) is 3.69. The smallest absolute Gasteiger partial charge is 0.332 e. The molecule has 0 bridgehead atoms. The normalized spacial score (nSPS) is 10.5. The van der Waals surface area contributed by atoms with E-state index in [-0.39, 0.29) is 11.1 Å². The largest absolute Gasteiger partial charge is 0.457 e. The second-order valence-electron chi connectivity index (χ2n) is 9.33. The molecule has 9 heteroatoms. The molecule has 0 amide bonds. The summed E-state index contributed by atoms with van der Waals surface area (Å²) in [7, 11) is -2.43. The van der Waals surface area contributed by atoms with E-state index < -0.39 is 8.56 Å². The van der Waals surface area contributed by atoms with Crippen molar-refractivity contribution in [1.82, 2.24) is 0 Å². The van der Waals surface area contributed by atoms with Crippen molar-refractivity contribution in [3.05, 3.63) is 118 Å². The standard InChI is InChI=1S/C32H24N4O4Si/c1-41(2,37-21-23-3-9-29(10-4-23)39-31-13-7-25(17-33)27(15-31)19-35)38-22-24-5-11-30(12-6-24)40-32-14-8-26(18-34)28(16-32)20-36/h3-16H,21-22H2,1-2H3. The van der Waals surface area contributed by atoms with Gasteiger partial charge in [0.05, 0.1) is 35.5 Å². The number of ether oxygens (including phenoxy) is 2. The Bertz CT molecular complexity index is 1580. The van der Waals surface area contributed by atoms with Crippen molar-refractivity contribution < 1.29 is 18.3 Å². The highest BCUT2D eigenvalue weighted by Gasteiger charge is 2.24. The summed E-state index contributed by atoms with van der Waals surface area (Å²) in [4.78, 5) is 0. The van der Waals surface area contributed by atoms with Crippen molar-refractivity contribution in [3.8, 4) is 47.3 Å². The van der Waals surface area contributed by atoms with Gasteiger partial charge in [-0.05, 0) is 84.9 Å². The number of benzene rings is 4. The van der Waals surface area contributed by atoms with Crippen LogP contribution in [0.15, 0.2) is 84.9 Å². The van der Waals surface area contributed by atoms with Crippen LogP contribution in [0.1, 0.15) is 33.4 Å². The maximum absolute atomic E-state index is 9.20. The molecule has 0 saturated carbocycles. The van der Waals surface area contributed by atoms with Gasteiger partial charge in [-0.2, -0.15) is 21.0 Å². The molecule has 0 heterocycles. The summed E-state index contributed by atoms with van der Waals surface area (Å²) in [5.41, 5.74) is 3.08. The fourth-order valence-corrected chi connectivity index (χ4v) is 4.80. The topological polar surface area (TPSA) is 132 Å². The zero-order valence-corrected chi connectivity index (χ0v) is 23.4. The molecule has 0 aliphatic heterocycles. The third kappa shape index (κ3) is 7.80. The van der Waals surface area contributed by atoms with Crippen molar-refractivity contribution >= 4 is 8.56 Å². The third-order valence-corrected chi connectivity index (χ3v) is 7.63. The molecule has 200 valence electrons. The van der Waals surface area contributed by atoms with Crippen LogP contribution in [0.4, 0.5) is 0 Å². The van der Waals surface area contributed by atoms with E-state index in [1.807, 2.05) is 85.9 Å². The van der Waals surface area contributed by atoms with Crippen LogP contribution in [0.5, 0.6) is 23.0 Å². The lowest BCUT2D eigenvalue weighted by Crippen LogP contribution is -2.34. The molecule has 0 atom stereocenters. The second kappa shape index (κ2) is 13.1. The number of hydrogen-bond acceptors (Lipinski definition) is 8. The van der Waals surface area contributed by atoms with Crippen molar-refractivity contribution in [2.45, 2.75) is 26.3 Å². The molecule has 0 aliphatic rings. The van der Waals surface area contributed by atoms with E-state index in [4.69, 9.17) is 28.8 Å². The minimum absolute atomic E-state index is 0.268. The molecule has 4 aromatic carbocycles. The van der Waals surface area contributed by atoms with E-state index in [1.54, 1.807) is 36.4 Å². The lowest BCUT2D eigenvalue weighted by Gasteiger charge is -2.23. The van der Waals surface area contributed by atoms with Gasteiger partial charge in [-0.15, -0.1) is 0 Å². The molecule has 0 aromatic heterocycles. The summed E-state index contributed by atoms with van der Waals surface area (Å²) in [6, 6.07) is 32.4. The molecule has 0 aliphatic carbocycles. The molecule has 8 nitrogen and oxygen atoms in total. The van der Waals surface area contributed by atoms with Crippen LogP contribution < -0.4 is 9.47 Å². The molecule has 0 fully saturated rings. The lowest BCUT2D eigenvalue weighted by atomic mass is 10.1. The Balaban J connectivity index is 1.26. The monoisotopic (exact) mass is 556 g/mol. The number of rotatable bonds is 10. The first-order valence-electron chi connectivity index (χ1n) is 12.5. The van der Waals surface area contributed by atoms with Gasteiger partial charge >= 0.3 is 8.56 Å². The maximum atomic E-state index is 9.20. The predicted octanol–water partition coefficient (Wildman–Crippen LogP) is 7.19. The van der Waals surface area contributed by atoms with E-state index >= 15 is 0 Å². The van der Waals surface area contributed by atoms with Crippen molar-refractivity contribution in [1.29, 1.82) is 21.0 Å². The molecular weight excluding hydrogens is 532 g/mol. The van der Waals surface area contributed by atoms with Crippen LogP contribution in [0.2, 0.25) is 13.1 Å². The van der Waals surface area contributed by atoms with E-state index in [2.05, 4.69) is 0 Å². The van der Waals surface area contributed by atoms with Crippen LogP contribution in [0, 0.1) is 45.3 Å². The van der Waals surface area contributed by atoms with Gasteiger partial charge in [0, 0.05) is 0 Å². The van der Waals surface area contributed by atoms with Crippen LogP contribution >= 0.6 is 0 Å². The number of nitriles is 4. The zero-order valence-electron chi connectivity index (χ0n) is 22.4. The van der Waals surface area contributed by atoms with Crippen LogP contribution in [-0.2, 0) is 22.1 Å². The molecule has 0 saturated heterocycles. The van der Waals surface area contributed by atoms with Gasteiger partial charge in [0.25, 0.3) is 0 Å². The van der Waals surface area contributed by atoms with Gasteiger partial charge in [0.2, 0.25) is 0 Å². The van der Waals surface area contributed by atoms with E-state index in [1.165, 1.54) is 0 Å². The Kier molecular flexibility index (Phi) is 9.12. The van der Waals surface area contributed by atoms with Crippen LogP contribution in [-0.4, -0.2) is 8.56 Å². The zero-order chi connectivity index (χ0) is 29.2. The van der Waals surface area contributed by atoms with Crippen LogP contribution in [0.3, 0.4) is 0 Å². The summed E-state index contributed by atoms with van der Waals surface area (Å²) in [5, 5.41) is 36.5. The van der Waals surface area contributed by atoms with Gasteiger partial charge in [-0.3, -0.25) is 0 Å². The highest BCUT2D eigenvalue weighted by atomic mass is 28.4. The van der Waals surface area contributed by atoms with E-state index in [0.29, 0.717) is 47.3 Å². The van der Waals surface area contributed by atoms with Gasteiger partial charge in [-0.1, -0.05) is 24.3 Å². The second-order valence-corrected chi connectivity index (χ2v) is 12.7. The minimum atomic E-state index is -2.43.